The molecule has 1 aliphatic carbocycles. The summed E-state index contributed by atoms with van der Waals surface area (Å²) in [5.41, 5.74) is -0.109. The van der Waals surface area contributed by atoms with Crippen LogP contribution in [0.25, 0.3) is 0 Å². The van der Waals surface area contributed by atoms with E-state index < -0.39 is 0 Å². The van der Waals surface area contributed by atoms with Gasteiger partial charge in [0.15, 0.2) is 0 Å². The van der Waals surface area contributed by atoms with Crippen molar-refractivity contribution in [3.8, 4) is 0 Å². The highest BCUT2D eigenvalue weighted by molar-refractivity contribution is 5.80. The first-order chi connectivity index (χ1) is 4.94. The second kappa shape index (κ2) is 2.23. The Hall–Kier alpha value is -0.530. The summed E-state index contributed by atoms with van der Waals surface area (Å²) in [6.45, 7) is 6.28. The average Bonchev–Trinajstić information content (AvgIpc) is 2.63. The van der Waals surface area contributed by atoms with E-state index in [0.29, 0.717) is 0 Å². The van der Waals surface area contributed by atoms with E-state index in [0.717, 1.165) is 12.8 Å². The lowest BCUT2D eigenvalue weighted by Crippen LogP contribution is -2.31. The van der Waals surface area contributed by atoms with Crippen molar-refractivity contribution in [1.82, 2.24) is 0 Å². The van der Waals surface area contributed by atoms with E-state index in [2.05, 4.69) is 20.8 Å². The Morgan fingerprint density at radius 1 is 1.36 bits per heavy atom. The first-order valence-electron chi connectivity index (χ1n) is 4.02. The average molecular weight is 156 g/mol. The van der Waals surface area contributed by atoms with Crippen molar-refractivity contribution in [3.05, 3.63) is 0 Å². The molecule has 0 aliphatic heterocycles. The van der Waals surface area contributed by atoms with E-state index in [1.165, 1.54) is 7.11 Å². The van der Waals surface area contributed by atoms with Gasteiger partial charge in [0.2, 0.25) is 0 Å². The fourth-order valence-corrected chi connectivity index (χ4v) is 1.58. The van der Waals surface area contributed by atoms with Crippen LogP contribution in [0.1, 0.15) is 33.6 Å². The number of carbonyl (C=O) groups excluding carboxylic acids is 1. The summed E-state index contributed by atoms with van der Waals surface area (Å²) in [5.74, 6) is -0.0370. The van der Waals surface area contributed by atoms with Crippen molar-refractivity contribution in [2.24, 2.45) is 10.8 Å². The predicted octanol–water partition coefficient (Wildman–Crippen LogP) is 1.99. The zero-order valence-corrected chi connectivity index (χ0v) is 7.73. The fraction of sp³-hybridized carbons (Fsp3) is 0.889. The third-order valence-electron chi connectivity index (χ3n) is 2.76. The SMILES string of the molecule is COC(=O)C1(C(C)(C)C)CC1. The van der Waals surface area contributed by atoms with Gasteiger partial charge in [-0.1, -0.05) is 20.8 Å². The smallest absolute Gasteiger partial charge is 0.312 e. The minimum absolute atomic E-state index is 0.0370. The van der Waals surface area contributed by atoms with Crippen LogP contribution in [0.4, 0.5) is 0 Å². The molecule has 1 saturated carbocycles. The summed E-state index contributed by atoms with van der Waals surface area (Å²) < 4.78 is 4.77. The maximum absolute atomic E-state index is 11.3. The van der Waals surface area contributed by atoms with Crippen LogP contribution in [0.15, 0.2) is 0 Å². The zero-order valence-electron chi connectivity index (χ0n) is 7.73. The molecule has 0 N–H and O–H groups in total. The number of hydrogen-bond acceptors (Lipinski definition) is 2. The molecule has 1 rings (SSSR count). The molecule has 0 unspecified atom stereocenters. The van der Waals surface area contributed by atoms with Crippen LogP contribution >= 0.6 is 0 Å². The molecule has 0 atom stereocenters. The van der Waals surface area contributed by atoms with Crippen LogP contribution in [0.2, 0.25) is 0 Å². The molecule has 0 aromatic heterocycles. The molecule has 2 heteroatoms. The maximum atomic E-state index is 11.3. The normalized spacial score (nSPS) is 21.1. The molecule has 0 bridgehead atoms. The molecule has 2 nitrogen and oxygen atoms in total. The lowest BCUT2D eigenvalue weighted by Gasteiger charge is -2.27. The third-order valence-corrected chi connectivity index (χ3v) is 2.76. The van der Waals surface area contributed by atoms with Crippen LogP contribution in [0, 0.1) is 10.8 Å². The lowest BCUT2D eigenvalue weighted by molar-refractivity contribution is -0.151. The fourth-order valence-electron chi connectivity index (χ4n) is 1.58. The van der Waals surface area contributed by atoms with Crippen molar-refractivity contribution in [1.29, 1.82) is 0 Å². The zero-order chi connectivity index (χ0) is 8.70. The van der Waals surface area contributed by atoms with Crippen LogP contribution < -0.4 is 0 Å². The van der Waals surface area contributed by atoms with E-state index in [1.807, 2.05) is 0 Å². The number of rotatable bonds is 1. The van der Waals surface area contributed by atoms with E-state index >= 15 is 0 Å². The molecular formula is C9H16O2. The number of methoxy groups -OCH3 is 1. The first kappa shape index (κ1) is 8.57. The lowest BCUT2D eigenvalue weighted by atomic mass is 9.77. The third kappa shape index (κ3) is 1.15. The van der Waals surface area contributed by atoms with Crippen molar-refractivity contribution < 1.29 is 9.53 Å². The molecule has 0 spiro atoms. The van der Waals surface area contributed by atoms with Gasteiger partial charge in [0, 0.05) is 0 Å². The Balaban J connectivity index is 2.76. The van der Waals surface area contributed by atoms with Crippen LogP contribution in [0.5, 0.6) is 0 Å². The minimum Gasteiger partial charge on any atom is -0.469 e. The highest BCUT2D eigenvalue weighted by Crippen LogP contribution is 2.58. The molecule has 0 aromatic rings. The van der Waals surface area contributed by atoms with Gasteiger partial charge >= 0.3 is 5.97 Å². The summed E-state index contributed by atoms with van der Waals surface area (Å²) in [4.78, 5) is 11.3. The van der Waals surface area contributed by atoms with E-state index in [-0.39, 0.29) is 16.8 Å². The van der Waals surface area contributed by atoms with E-state index in [4.69, 9.17) is 4.74 Å². The van der Waals surface area contributed by atoms with E-state index in [9.17, 15) is 4.79 Å². The van der Waals surface area contributed by atoms with Crippen molar-refractivity contribution in [3.63, 3.8) is 0 Å². The largest absolute Gasteiger partial charge is 0.469 e. The van der Waals surface area contributed by atoms with Gasteiger partial charge in [-0.05, 0) is 18.3 Å². The second-order valence-corrected chi connectivity index (χ2v) is 4.32. The Labute approximate surface area is 67.9 Å². The Kier molecular flexibility index (Phi) is 1.73. The Morgan fingerprint density at radius 3 is 1.91 bits per heavy atom. The maximum Gasteiger partial charge on any atom is 0.312 e. The molecule has 0 radical (unpaired) electrons. The quantitative estimate of drug-likeness (QED) is 0.543. The molecule has 1 aliphatic rings. The van der Waals surface area contributed by atoms with E-state index in [1.54, 1.807) is 0 Å². The number of carbonyl (C=O) groups is 1. The van der Waals surface area contributed by atoms with Gasteiger partial charge in [0.25, 0.3) is 0 Å². The van der Waals surface area contributed by atoms with Gasteiger partial charge in [-0.25, -0.2) is 0 Å². The molecule has 1 fully saturated rings. The van der Waals surface area contributed by atoms with Crippen molar-refractivity contribution in [2.75, 3.05) is 7.11 Å². The van der Waals surface area contributed by atoms with Crippen molar-refractivity contribution >= 4 is 5.97 Å². The topological polar surface area (TPSA) is 26.3 Å². The standard InChI is InChI=1S/C9H16O2/c1-8(2,3)9(5-6-9)7(10)11-4/h5-6H2,1-4H3. The van der Waals surface area contributed by atoms with Crippen LogP contribution in [0.3, 0.4) is 0 Å². The second-order valence-electron chi connectivity index (χ2n) is 4.32. The Morgan fingerprint density at radius 2 is 1.82 bits per heavy atom. The summed E-state index contributed by atoms with van der Waals surface area (Å²) >= 11 is 0. The summed E-state index contributed by atoms with van der Waals surface area (Å²) in [6.07, 6.45) is 1.98. The Bertz CT molecular complexity index is 172. The van der Waals surface area contributed by atoms with Gasteiger partial charge in [0.1, 0.15) is 0 Å². The van der Waals surface area contributed by atoms with Gasteiger partial charge in [-0.3, -0.25) is 4.79 Å². The number of ether oxygens (including phenoxy) is 1. The molecule has 64 valence electrons. The molecule has 0 heterocycles. The monoisotopic (exact) mass is 156 g/mol. The highest BCUT2D eigenvalue weighted by Gasteiger charge is 2.58. The number of hydrogen-bond donors (Lipinski definition) is 0. The molecule has 0 saturated heterocycles. The van der Waals surface area contributed by atoms with Crippen LogP contribution in [-0.2, 0) is 9.53 Å². The van der Waals surface area contributed by atoms with Crippen LogP contribution in [-0.4, -0.2) is 13.1 Å². The van der Waals surface area contributed by atoms with Gasteiger partial charge in [0.05, 0.1) is 12.5 Å². The summed E-state index contributed by atoms with van der Waals surface area (Å²) in [5, 5.41) is 0. The number of esters is 1. The molecule has 0 amide bonds. The van der Waals surface area contributed by atoms with Gasteiger partial charge < -0.3 is 4.74 Å². The molecule has 11 heavy (non-hydrogen) atoms. The van der Waals surface area contributed by atoms with Gasteiger partial charge in [-0.15, -0.1) is 0 Å². The minimum atomic E-state index is -0.165. The predicted molar refractivity (Wildman–Crippen MR) is 43.1 cm³/mol. The molecular weight excluding hydrogens is 140 g/mol. The van der Waals surface area contributed by atoms with Gasteiger partial charge in [-0.2, -0.15) is 0 Å². The highest BCUT2D eigenvalue weighted by atomic mass is 16.5. The first-order valence-corrected chi connectivity index (χ1v) is 4.02. The van der Waals surface area contributed by atoms with Crippen molar-refractivity contribution in [2.45, 2.75) is 33.6 Å². The summed E-state index contributed by atoms with van der Waals surface area (Å²) in [6, 6.07) is 0. The molecule has 0 aromatic carbocycles. The summed E-state index contributed by atoms with van der Waals surface area (Å²) in [7, 11) is 1.47.